The highest BCUT2D eigenvalue weighted by Gasteiger charge is 2.24. The van der Waals surface area contributed by atoms with Crippen molar-refractivity contribution >= 4 is 17.7 Å². The van der Waals surface area contributed by atoms with Gasteiger partial charge in [0.2, 0.25) is 12.7 Å². The molecule has 1 aliphatic carbocycles. The Bertz CT molecular complexity index is 800. The number of nitrogens with zero attached hydrogens (tertiary/aromatic N) is 2. The van der Waals surface area contributed by atoms with Crippen molar-refractivity contribution in [3.8, 4) is 11.5 Å². The molecule has 0 unspecified atom stereocenters. The number of rotatable bonds is 6. The number of carbonyl (C=O) groups excluding carboxylic acids is 1. The fraction of sp³-hybridized carbons (Fsp3) is 0.500. The molecule has 2 heterocycles. The molecule has 0 radical (unpaired) electrons. The van der Waals surface area contributed by atoms with Crippen molar-refractivity contribution in [2.75, 3.05) is 6.79 Å². The first-order chi connectivity index (χ1) is 13.2. The molecule has 2 aromatic rings. The molecule has 0 atom stereocenters. The Labute approximate surface area is 163 Å². The summed E-state index contributed by atoms with van der Waals surface area (Å²) in [4.78, 5) is 16.7. The SMILES string of the molecule is Cn1ccnc1SC1CCC(NC(=O)CCc2ccc3c(c2)OCO3)CC1. The molecule has 1 N–H and O–H groups in total. The number of amides is 1. The first-order valence-electron chi connectivity index (χ1n) is 9.49. The van der Waals surface area contributed by atoms with Gasteiger partial charge in [0.25, 0.3) is 0 Å². The minimum Gasteiger partial charge on any atom is -0.454 e. The lowest BCUT2D eigenvalue weighted by Gasteiger charge is -2.28. The van der Waals surface area contributed by atoms with E-state index in [1.165, 1.54) is 0 Å². The van der Waals surface area contributed by atoms with E-state index in [1.807, 2.05) is 49.4 Å². The van der Waals surface area contributed by atoms with Crippen LogP contribution in [0.25, 0.3) is 0 Å². The summed E-state index contributed by atoms with van der Waals surface area (Å²) in [6.45, 7) is 0.278. The fourth-order valence-corrected chi connectivity index (χ4v) is 4.75. The fourth-order valence-electron chi connectivity index (χ4n) is 3.59. The van der Waals surface area contributed by atoms with Gasteiger partial charge in [-0.05, 0) is 49.8 Å². The first kappa shape index (κ1) is 18.2. The third-order valence-electron chi connectivity index (χ3n) is 5.17. The van der Waals surface area contributed by atoms with Gasteiger partial charge < -0.3 is 19.4 Å². The minimum atomic E-state index is 0.132. The van der Waals surface area contributed by atoms with E-state index in [4.69, 9.17) is 9.47 Å². The van der Waals surface area contributed by atoms with Gasteiger partial charge >= 0.3 is 0 Å². The predicted molar refractivity (Wildman–Crippen MR) is 104 cm³/mol. The Balaban J connectivity index is 1.19. The second-order valence-electron chi connectivity index (χ2n) is 7.17. The number of aryl methyl sites for hydroxylation is 2. The largest absolute Gasteiger partial charge is 0.454 e. The summed E-state index contributed by atoms with van der Waals surface area (Å²) in [6, 6.07) is 6.18. The van der Waals surface area contributed by atoms with Gasteiger partial charge in [0.05, 0.1) is 0 Å². The molecule has 1 aliphatic heterocycles. The zero-order valence-electron chi connectivity index (χ0n) is 15.5. The number of fused-ring (bicyclic) bond motifs is 1. The Morgan fingerprint density at radius 3 is 2.85 bits per heavy atom. The Morgan fingerprint density at radius 1 is 1.26 bits per heavy atom. The van der Waals surface area contributed by atoms with Gasteiger partial charge in [-0.3, -0.25) is 4.79 Å². The summed E-state index contributed by atoms with van der Waals surface area (Å²) in [5.74, 6) is 1.69. The number of carbonyl (C=O) groups is 1. The summed E-state index contributed by atoms with van der Waals surface area (Å²) < 4.78 is 12.8. The van der Waals surface area contributed by atoms with Gasteiger partial charge in [0.1, 0.15) is 0 Å². The number of imidazole rings is 1. The molecule has 1 aromatic carbocycles. The van der Waals surface area contributed by atoms with Crippen molar-refractivity contribution in [2.45, 2.75) is 55.0 Å². The number of nitrogens with one attached hydrogen (secondary N) is 1. The Hall–Kier alpha value is -2.15. The predicted octanol–water partition coefficient (Wildman–Crippen LogP) is 3.30. The van der Waals surface area contributed by atoms with Crippen molar-refractivity contribution in [1.29, 1.82) is 0 Å². The number of ether oxygens (including phenoxy) is 2. The van der Waals surface area contributed by atoms with E-state index >= 15 is 0 Å². The third-order valence-corrected chi connectivity index (χ3v) is 6.58. The Morgan fingerprint density at radius 2 is 2.07 bits per heavy atom. The summed E-state index contributed by atoms with van der Waals surface area (Å²) in [6.07, 6.45) is 9.35. The van der Waals surface area contributed by atoms with Gasteiger partial charge in [-0.1, -0.05) is 17.8 Å². The highest BCUT2D eigenvalue weighted by atomic mass is 32.2. The standard InChI is InChI=1S/C20H25N3O3S/c1-23-11-10-21-20(23)27-16-6-4-15(5-7-16)22-19(24)9-3-14-2-8-17-18(12-14)26-13-25-17/h2,8,10-12,15-16H,3-7,9,13H2,1H3,(H,22,24). The average molecular weight is 388 g/mol. The van der Waals surface area contributed by atoms with Gasteiger partial charge in [0.15, 0.2) is 16.7 Å². The normalized spacial score (nSPS) is 21.2. The second-order valence-corrected chi connectivity index (χ2v) is 8.43. The highest BCUT2D eigenvalue weighted by Crippen LogP contribution is 2.34. The van der Waals surface area contributed by atoms with Crippen LogP contribution in [0.15, 0.2) is 35.7 Å². The maximum absolute atomic E-state index is 12.3. The molecule has 0 saturated heterocycles. The van der Waals surface area contributed by atoms with Crippen LogP contribution in [-0.2, 0) is 18.3 Å². The number of aromatic nitrogens is 2. The van der Waals surface area contributed by atoms with Crippen molar-refractivity contribution < 1.29 is 14.3 Å². The number of benzene rings is 1. The van der Waals surface area contributed by atoms with Gasteiger partial charge in [0, 0.05) is 37.2 Å². The molecule has 0 spiro atoms. The zero-order valence-corrected chi connectivity index (χ0v) is 16.3. The van der Waals surface area contributed by atoms with Crippen LogP contribution >= 0.6 is 11.8 Å². The summed E-state index contributed by atoms with van der Waals surface area (Å²) in [5, 5.41) is 4.87. The average Bonchev–Trinajstić information content (AvgIpc) is 3.30. The van der Waals surface area contributed by atoms with Crippen LogP contribution in [0.2, 0.25) is 0 Å². The number of hydrogen-bond donors (Lipinski definition) is 1. The van der Waals surface area contributed by atoms with Crippen molar-refractivity contribution in [2.24, 2.45) is 7.05 Å². The molecule has 1 amide bonds. The monoisotopic (exact) mass is 387 g/mol. The van der Waals surface area contributed by atoms with E-state index in [1.54, 1.807) is 0 Å². The summed E-state index contributed by atoms with van der Waals surface area (Å²) in [7, 11) is 2.03. The van der Waals surface area contributed by atoms with Crippen molar-refractivity contribution in [3.05, 3.63) is 36.2 Å². The van der Waals surface area contributed by atoms with E-state index in [9.17, 15) is 4.79 Å². The molecule has 4 rings (SSSR count). The topological polar surface area (TPSA) is 65.4 Å². The molecule has 1 aromatic heterocycles. The molecule has 7 heteroatoms. The third kappa shape index (κ3) is 4.58. The van der Waals surface area contributed by atoms with Crippen LogP contribution in [0.3, 0.4) is 0 Å². The van der Waals surface area contributed by atoms with Crippen LogP contribution in [0.5, 0.6) is 11.5 Å². The molecule has 1 fully saturated rings. The maximum Gasteiger partial charge on any atom is 0.231 e. The van der Waals surface area contributed by atoms with Crippen LogP contribution in [0.4, 0.5) is 0 Å². The number of thioether (sulfide) groups is 1. The molecule has 1 saturated carbocycles. The van der Waals surface area contributed by atoms with Crippen LogP contribution in [-0.4, -0.2) is 33.5 Å². The van der Waals surface area contributed by atoms with Crippen LogP contribution in [0, 0.1) is 0 Å². The maximum atomic E-state index is 12.3. The molecule has 27 heavy (non-hydrogen) atoms. The van der Waals surface area contributed by atoms with Gasteiger partial charge in [-0.2, -0.15) is 0 Å². The second kappa shape index (κ2) is 8.25. The van der Waals surface area contributed by atoms with Crippen molar-refractivity contribution in [1.82, 2.24) is 14.9 Å². The molecule has 2 aliphatic rings. The quantitative estimate of drug-likeness (QED) is 0.824. The smallest absolute Gasteiger partial charge is 0.231 e. The van der Waals surface area contributed by atoms with E-state index in [0.29, 0.717) is 24.1 Å². The molecular weight excluding hydrogens is 362 g/mol. The summed E-state index contributed by atoms with van der Waals surface area (Å²) >= 11 is 1.85. The minimum absolute atomic E-state index is 0.132. The molecule has 6 nitrogen and oxygen atoms in total. The Kier molecular flexibility index (Phi) is 5.57. The zero-order chi connectivity index (χ0) is 18.6. The molecular formula is C20H25N3O3S. The van der Waals surface area contributed by atoms with E-state index in [0.717, 1.165) is 47.9 Å². The molecule has 144 valence electrons. The van der Waals surface area contributed by atoms with Gasteiger partial charge in [-0.25, -0.2) is 4.98 Å². The summed E-state index contributed by atoms with van der Waals surface area (Å²) in [5.41, 5.74) is 1.10. The first-order valence-corrected chi connectivity index (χ1v) is 10.4. The van der Waals surface area contributed by atoms with Crippen LogP contribution in [0.1, 0.15) is 37.7 Å². The van der Waals surface area contributed by atoms with Gasteiger partial charge in [-0.15, -0.1) is 0 Å². The van der Waals surface area contributed by atoms with Crippen molar-refractivity contribution in [3.63, 3.8) is 0 Å². The lowest BCUT2D eigenvalue weighted by molar-refractivity contribution is -0.121. The molecule has 0 bridgehead atoms. The lowest BCUT2D eigenvalue weighted by atomic mass is 9.95. The van der Waals surface area contributed by atoms with Crippen LogP contribution < -0.4 is 14.8 Å². The van der Waals surface area contributed by atoms with E-state index in [-0.39, 0.29) is 12.7 Å². The number of hydrogen-bond acceptors (Lipinski definition) is 5. The van der Waals surface area contributed by atoms with E-state index < -0.39 is 0 Å². The lowest BCUT2D eigenvalue weighted by Crippen LogP contribution is -2.38. The highest BCUT2D eigenvalue weighted by molar-refractivity contribution is 7.99. The van der Waals surface area contributed by atoms with E-state index in [2.05, 4.69) is 14.9 Å².